The monoisotopic (exact) mass is 264 g/mol. The summed E-state index contributed by atoms with van der Waals surface area (Å²) >= 11 is 6.76. The Morgan fingerprint density at radius 1 is 1.17 bits per heavy atom. The molecule has 5 rings (SSSR count). The number of halogens is 1. The highest BCUT2D eigenvalue weighted by atomic mass is 35.5. The normalized spacial score (nSPS) is 43.3. The van der Waals surface area contributed by atoms with Crippen LogP contribution in [0.15, 0.2) is 12.4 Å². The number of aromatic nitrogens is 2. The van der Waals surface area contributed by atoms with Gasteiger partial charge in [-0.1, -0.05) is 0 Å². The van der Waals surface area contributed by atoms with Gasteiger partial charge < -0.3 is 4.98 Å². The number of H-pyrrole nitrogens is 1. The topological polar surface area (TPSA) is 28.7 Å². The van der Waals surface area contributed by atoms with Crippen LogP contribution in [-0.2, 0) is 6.42 Å². The molecular weight excluding hydrogens is 244 g/mol. The SMILES string of the molecule is ClC(Cc1ncc[nH]1)C1C2CC3CC(C2)CC1C3. The Balaban J connectivity index is 1.50. The van der Waals surface area contributed by atoms with Gasteiger partial charge in [0.15, 0.2) is 0 Å². The Bertz CT molecular complexity index is 386. The van der Waals surface area contributed by atoms with Crippen molar-refractivity contribution in [1.82, 2.24) is 9.97 Å². The molecule has 18 heavy (non-hydrogen) atoms. The number of hydrogen-bond donors (Lipinski definition) is 1. The van der Waals surface area contributed by atoms with Crippen molar-refractivity contribution >= 4 is 11.6 Å². The lowest BCUT2D eigenvalue weighted by molar-refractivity contribution is -0.0377. The summed E-state index contributed by atoms with van der Waals surface area (Å²) in [6.07, 6.45) is 12.0. The first-order valence-electron chi connectivity index (χ1n) is 7.42. The van der Waals surface area contributed by atoms with Crippen LogP contribution in [0.3, 0.4) is 0 Å². The van der Waals surface area contributed by atoms with Crippen LogP contribution >= 0.6 is 11.6 Å². The molecule has 1 unspecified atom stereocenters. The van der Waals surface area contributed by atoms with E-state index in [-0.39, 0.29) is 5.38 Å². The standard InChI is InChI=1S/C15H21ClN2/c16-13(8-14-17-1-2-18-14)15-11-4-9-3-10(6-11)7-12(15)5-9/h1-2,9-13,15H,3-8H2,(H,17,18). The van der Waals surface area contributed by atoms with Crippen molar-refractivity contribution in [3.05, 3.63) is 18.2 Å². The first kappa shape index (κ1) is 11.3. The summed E-state index contributed by atoms with van der Waals surface area (Å²) < 4.78 is 0. The van der Waals surface area contributed by atoms with Crippen LogP contribution in [0.4, 0.5) is 0 Å². The molecule has 4 aliphatic carbocycles. The number of hydrogen-bond acceptors (Lipinski definition) is 1. The van der Waals surface area contributed by atoms with Gasteiger partial charge in [-0.3, -0.25) is 0 Å². The summed E-state index contributed by atoms with van der Waals surface area (Å²) in [6.45, 7) is 0. The van der Waals surface area contributed by atoms with Crippen molar-refractivity contribution in [2.45, 2.75) is 43.9 Å². The highest BCUT2D eigenvalue weighted by Crippen LogP contribution is 2.58. The van der Waals surface area contributed by atoms with E-state index in [2.05, 4.69) is 9.97 Å². The van der Waals surface area contributed by atoms with E-state index < -0.39 is 0 Å². The quantitative estimate of drug-likeness (QED) is 0.830. The summed E-state index contributed by atoms with van der Waals surface area (Å²) in [5.74, 6) is 5.72. The fourth-order valence-corrected chi connectivity index (χ4v) is 5.85. The van der Waals surface area contributed by atoms with E-state index in [0.717, 1.165) is 41.8 Å². The highest BCUT2D eigenvalue weighted by molar-refractivity contribution is 6.20. The fourth-order valence-electron chi connectivity index (χ4n) is 5.29. The smallest absolute Gasteiger partial charge is 0.107 e. The average Bonchev–Trinajstić information content (AvgIpc) is 2.80. The first-order chi connectivity index (χ1) is 8.79. The van der Waals surface area contributed by atoms with E-state index in [1.165, 1.54) is 32.1 Å². The molecule has 4 bridgehead atoms. The van der Waals surface area contributed by atoms with E-state index in [9.17, 15) is 0 Å². The maximum absolute atomic E-state index is 6.76. The van der Waals surface area contributed by atoms with E-state index in [0.29, 0.717) is 0 Å². The van der Waals surface area contributed by atoms with Gasteiger partial charge in [-0.25, -0.2) is 4.98 Å². The summed E-state index contributed by atoms with van der Waals surface area (Å²) in [5, 5.41) is 0.283. The van der Waals surface area contributed by atoms with E-state index >= 15 is 0 Å². The molecule has 4 saturated carbocycles. The molecule has 1 aromatic heterocycles. The van der Waals surface area contributed by atoms with Gasteiger partial charge in [0.25, 0.3) is 0 Å². The first-order valence-corrected chi connectivity index (χ1v) is 7.85. The number of nitrogens with zero attached hydrogens (tertiary/aromatic N) is 1. The third-order valence-electron chi connectivity index (χ3n) is 5.66. The molecule has 4 aliphatic rings. The number of nitrogens with one attached hydrogen (secondary N) is 1. The van der Waals surface area contributed by atoms with Crippen molar-refractivity contribution < 1.29 is 0 Å². The van der Waals surface area contributed by atoms with Crippen LogP contribution in [0.2, 0.25) is 0 Å². The zero-order valence-corrected chi connectivity index (χ0v) is 11.4. The van der Waals surface area contributed by atoms with E-state index in [1.807, 2.05) is 12.4 Å². The molecule has 98 valence electrons. The lowest BCUT2D eigenvalue weighted by Gasteiger charge is -2.55. The Morgan fingerprint density at radius 2 is 1.83 bits per heavy atom. The molecule has 0 spiro atoms. The van der Waals surface area contributed by atoms with Crippen LogP contribution in [0.5, 0.6) is 0 Å². The third kappa shape index (κ3) is 1.80. The molecule has 0 aromatic carbocycles. The minimum absolute atomic E-state index is 0.283. The summed E-state index contributed by atoms with van der Waals surface area (Å²) in [4.78, 5) is 7.52. The van der Waals surface area contributed by atoms with Crippen molar-refractivity contribution in [2.75, 3.05) is 0 Å². The molecule has 0 saturated heterocycles. The maximum Gasteiger partial charge on any atom is 0.107 e. The molecule has 3 heteroatoms. The predicted molar refractivity (Wildman–Crippen MR) is 72.5 cm³/mol. The average molecular weight is 265 g/mol. The number of rotatable bonds is 3. The Hall–Kier alpha value is -0.500. The van der Waals surface area contributed by atoms with Gasteiger partial charge in [0.05, 0.1) is 0 Å². The molecule has 1 heterocycles. The highest BCUT2D eigenvalue weighted by Gasteiger charge is 2.50. The van der Waals surface area contributed by atoms with Crippen LogP contribution in [0.1, 0.15) is 37.9 Å². The fraction of sp³-hybridized carbons (Fsp3) is 0.800. The lowest BCUT2D eigenvalue weighted by atomic mass is 9.51. The van der Waals surface area contributed by atoms with Gasteiger partial charge in [-0.05, 0) is 61.7 Å². The van der Waals surface area contributed by atoms with Gasteiger partial charge >= 0.3 is 0 Å². The largest absolute Gasteiger partial charge is 0.349 e. The van der Waals surface area contributed by atoms with Gasteiger partial charge in [-0.15, -0.1) is 11.6 Å². The van der Waals surface area contributed by atoms with E-state index in [1.54, 1.807) is 0 Å². The zero-order chi connectivity index (χ0) is 12.1. The zero-order valence-electron chi connectivity index (χ0n) is 10.7. The molecule has 1 atom stereocenters. The van der Waals surface area contributed by atoms with Gasteiger partial charge in [0.2, 0.25) is 0 Å². The van der Waals surface area contributed by atoms with Crippen LogP contribution in [0, 0.1) is 29.6 Å². The molecule has 2 nitrogen and oxygen atoms in total. The Morgan fingerprint density at radius 3 is 2.39 bits per heavy atom. The van der Waals surface area contributed by atoms with Crippen molar-refractivity contribution in [3.63, 3.8) is 0 Å². The maximum atomic E-state index is 6.76. The van der Waals surface area contributed by atoms with Crippen molar-refractivity contribution in [3.8, 4) is 0 Å². The van der Waals surface area contributed by atoms with Gasteiger partial charge in [0.1, 0.15) is 5.82 Å². The molecule has 0 amide bonds. The van der Waals surface area contributed by atoms with Crippen molar-refractivity contribution in [2.24, 2.45) is 29.6 Å². The molecular formula is C15H21ClN2. The molecule has 0 aliphatic heterocycles. The number of aromatic amines is 1. The number of alkyl halides is 1. The van der Waals surface area contributed by atoms with Crippen LogP contribution < -0.4 is 0 Å². The van der Waals surface area contributed by atoms with Crippen molar-refractivity contribution in [1.29, 1.82) is 0 Å². The molecule has 0 radical (unpaired) electrons. The minimum atomic E-state index is 0.283. The van der Waals surface area contributed by atoms with Crippen LogP contribution in [0.25, 0.3) is 0 Å². The molecule has 1 aromatic rings. The summed E-state index contributed by atoms with van der Waals surface area (Å²) in [7, 11) is 0. The van der Waals surface area contributed by atoms with Gasteiger partial charge in [-0.2, -0.15) is 0 Å². The Labute approximate surface area is 114 Å². The van der Waals surface area contributed by atoms with Crippen LogP contribution in [-0.4, -0.2) is 15.3 Å². The summed E-state index contributed by atoms with van der Waals surface area (Å²) in [6, 6.07) is 0. The molecule has 4 fully saturated rings. The van der Waals surface area contributed by atoms with Gasteiger partial charge in [0, 0.05) is 24.2 Å². The predicted octanol–water partition coefficient (Wildman–Crippen LogP) is 3.63. The third-order valence-corrected chi connectivity index (χ3v) is 6.11. The molecule has 1 N–H and O–H groups in total. The second kappa shape index (κ2) is 4.26. The van der Waals surface area contributed by atoms with E-state index in [4.69, 9.17) is 11.6 Å². The minimum Gasteiger partial charge on any atom is -0.349 e. The lowest BCUT2D eigenvalue weighted by Crippen LogP contribution is -2.48. The second-order valence-corrected chi connectivity index (χ2v) is 7.32. The summed E-state index contributed by atoms with van der Waals surface area (Å²) in [5.41, 5.74) is 0. The Kier molecular flexibility index (Phi) is 2.68. The second-order valence-electron chi connectivity index (χ2n) is 6.76. The number of imidazole rings is 1.